The Morgan fingerprint density at radius 1 is 0.900 bits per heavy atom. The molecule has 0 unspecified atom stereocenters. The van der Waals surface area contributed by atoms with Crippen molar-refractivity contribution in [2.75, 3.05) is 14.2 Å². The van der Waals surface area contributed by atoms with E-state index in [0.717, 1.165) is 39.6 Å². The third kappa shape index (κ3) is 3.56. The van der Waals surface area contributed by atoms with Gasteiger partial charge >= 0.3 is 0 Å². The van der Waals surface area contributed by atoms with Crippen molar-refractivity contribution in [3.63, 3.8) is 0 Å². The summed E-state index contributed by atoms with van der Waals surface area (Å²) in [5.74, 6) is 1.60. The van der Waals surface area contributed by atoms with Crippen LogP contribution in [0.1, 0.15) is 11.1 Å². The molecule has 4 heteroatoms. The first kappa shape index (κ1) is 14.5. The summed E-state index contributed by atoms with van der Waals surface area (Å²) in [6, 6.07) is 15.2. The van der Waals surface area contributed by atoms with Gasteiger partial charge in [-0.3, -0.25) is 0 Å². The van der Waals surface area contributed by atoms with Gasteiger partial charge in [0.1, 0.15) is 11.5 Å². The van der Waals surface area contributed by atoms with Crippen LogP contribution >= 0.6 is 12.0 Å². The van der Waals surface area contributed by atoms with Crippen molar-refractivity contribution in [2.45, 2.75) is 0 Å². The number of methoxy groups -OCH3 is 2. The molecule has 2 aromatic rings. The summed E-state index contributed by atoms with van der Waals surface area (Å²) in [6.45, 7) is 0. The second-order valence-corrected chi connectivity index (χ2v) is 4.72. The zero-order valence-corrected chi connectivity index (χ0v) is 12.2. The molecule has 2 aromatic carbocycles. The number of hydrogen-bond acceptors (Lipinski definition) is 4. The first-order valence-electron chi connectivity index (χ1n) is 6.08. The lowest BCUT2D eigenvalue weighted by Crippen LogP contribution is -1.85. The smallest absolute Gasteiger partial charge is 0.118 e. The zero-order chi connectivity index (χ0) is 14.4. The van der Waals surface area contributed by atoms with E-state index in [0.29, 0.717) is 0 Å². The molecular formula is C16H16O3S. The predicted octanol–water partition coefficient (Wildman–Crippen LogP) is 4.41. The zero-order valence-electron chi connectivity index (χ0n) is 11.4. The molecular weight excluding hydrogens is 272 g/mol. The third-order valence-electron chi connectivity index (χ3n) is 2.89. The van der Waals surface area contributed by atoms with Crippen molar-refractivity contribution in [1.29, 1.82) is 0 Å². The maximum absolute atomic E-state index is 9.46. The summed E-state index contributed by atoms with van der Waals surface area (Å²) in [7, 11) is 3.26. The topological polar surface area (TPSA) is 38.7 Å². The van der Waals surface area contributed by atoms with Gasteiger partial charge in [-0.15, -0.1) is 0 Å². The second-order valence-electron chi connectivity index (χ2n) is 4.10. The lowest BCUT2D eigenvalue weighted by Gasteiger charge is -2.06. The Balaban J connectivity index is 2.26. The van der Waals surface area contributed by atoms with Crippen LogP contribution in [0.3, 0.4) is 0 Å². The van der Waals surface area contributed by atoms with Crippen molar-refractivity contribution in [1.82, 2.24) is 0 Å². The Bertz CT molecular complexity index is 574. The van der Waals surface area contributed by atoms with Crippen LogP contribution in [0.4, 0.5) is 0 Å². The minimum absolute atomic E-state index is 0.730. The predicted molar refractivity (Wildman–Crippen MR) is 84.1 cm³/mol. The van der Waals surface area contributed by atoms with Crippen LogP contribution in [0.2, 0.25) is 0 Å². The SMILES string of the molecule is COc1ccc(C=C(SO)c2ccc(OC)cc2)cc1. The van der Waals surface area contributed by atoms with E-state index >= 15 is 0 Å². The van der Waals surface area contributed by atoms with E-state index < -0.39 is 0 Å². The molecule has 0 saturated carbocycles. The molecule has 0 aliphatic rings. The Labute approximate surface area is 123 Å². The molecule has 20 heavy (non-hydrogen) atoms. The molecule has 0 aliphatic heterocycles. The van der Waals surface area contributed by atoms with Crippen LogP contribution in [0, 0.1) is 0 Å². The van der Waals surface area contributed by atoms with Crippen LogP contribution < -0.4 is 9.47 Å². The monoisotopic (exact) mass is 288 g/mol. The Morgan fingerprint density at radius 2 is 1.40 bits per heavy atom. The van der Waals surface area contributed by atoms with Gasteiger partial charge in [-0.25, -0.2) is 0 Å². The lowest BCUT2D eigenvalue weighted by atomic mass is 10.1. The summed E-state index contributed by atoms with van der Waals surface area (Å²) in [4.78, 5) is 0.776. The summed E-state index contributed by atoms with van der Waals surface area (Å²) in [5.41, 5.74) is 1.94. The Kier molecular flexibility index (Phi) is 5.09. The van der Waals surface area contributed by atoms with Gasteiger partial charge in [-0.05, 0) is 41.5 Å². The fourth-order valence-corrected chi connectivity index (χ4v) is 2.20. The minimum atomic E-state index is 0.730. The highest BCUT2D eigenvalue weighted by atomic mass is 32.2. The standard InChI is InChI=1S/C16H16O3S/c1-18-14-7-3-12(4-8-14)11-16(20-17)13-5-9-15(19-2)10-6-13/h3-11,17H,1-2H3. The van der Waals surface area contributed by atoms with Crippen LogP contribution in [-0.4, -0.2) is 18.8 Å². The van der Waals surface area contributed by atoms with Gasteiger partial charge in [0.05, 0.1) is 14.2 Å². The molecule has 0 saturated heterocycles. The van der Waals surface area contributed by atoms with Crippen molar-refractivity contribution < 1.29 is 14.0 Å². The van der Waals surface area contributed by atoms with Gasteiger partial charge in [-0.1, -0.05) is 24.3 Å². The second kappa shape index (κ2) is 7.03. The van der Waals surface area contributed by atoms with E-state index in [1.807, 2.05) is 54.6 Å². The molecule has 0 aromatic heterocycles. The molecule has 0 aliphatic carbocycles. The van der Waals surface area contributed by atoms with E-state index in [1.165, 1.54) is 0 Å². The van der Waals surface area contributed by atoms with Gasteiger partial charge in [-0.2, -0.15) is 0 Å². The summed E-state index contributed by atoms with van der Waals surface area (Å²) in [6.07, 6.45) is 1.92. The maximum Gasteiger partial charge on any atom is 0.118 e. The van der Waals surface area contributed by atoms with E-state index in [9.17, 15) is 4.55 Å². The largest absolute Gasteiger partial charge is 0.497 e. The highest BCUT2D eigenvalue weighted by molar-refractivity contribution is 8.03. The molecule has 0 radical (unpaired) electrons. The fraction of sp³-hybridized carbons (Fsp3) is 0.125. The summed E-state index contributed by atoms with van der Waals surface area (Å²) < 4.78 is 19.7. The van der Waals surface area contributed by atoms with E-state index in [4.69, 9.17) is 9.47 Å². The summed E-state index contributed by atoms with van der Waals surface area (Å²) in [5, 5.41) is 0. The van der Waals surface area contributed by atoms with Gasteiger partial charge in [0.15, 0.2) is 0 Å². The van der Waals surface area contributed by atoms with Gasteiger partial charge in [0, 0.05) is 16.9 Å². The normalized spacial score (nSPS) is 11.2. The third-order valence-corrected chi connectivity index (χ3v) is 3.44. The molecule has 3 nitrogen and oxygen atoms in total. The Hall–Kier alpha value is -1.91. The molecule has 1 N–H and O–H groups in total. The van der Waals surface area contributed by atoms with Gasteiger partial charge in [0.2, 0.25) is 0 Å². The van der Waals surface area contributed by atoms with Crippen LogP contribution in [0.25, 0.3) is 11.0 Å². The highest BCUT2D eigenvalue weighted by Crippen LogP contribution is 2.29. The quantitative estimate of drug-likeness (QED) is 0.653. The highest BCUT2D eigenvalue weighted by Gasteiger charge is 2.03. The maximum atomic E-state index is 9.46. The first-order chi connectivity index (χ1) is 9.76. The molecule has 0 spiro atoms. The molecule has 0 bridgehead atoms. The number of rotatable bonds is 5. The van der Waals surface area contributed by atoms with Crippen molar-refractivity contribution in [2.24, 2.45) is 0 Å². The van der Waals surface area contributed by atoms with Crippen molar-refractivity contribution >= 4 is 23.0 Å². The minimum Gasteiger partial charge on any atom is -0.497 e. The van der Waals surface area contributed by atoms with Crippen molar-refractivity contribution in [3.05, 3.63) is 59.7 Å². The lowest BCUT2D eigenvalue weighted by molar-refractivity contribution is 0.414. The molecule has 104 valence electrons. The Morgan fingerprint density at radius 3 is 1.85 bits per heavy atom. The van der Waals surface area contributed by atoms with Crippen LogP contribution in [-0.2, 0) is 0 Å². The molecule has 0 amide bonds. The van der Waals surface area contributed by atoms with Crippen molar-refractivity contribution in [3.8, 4) is 11.5 Å². The molecule has 0 heterocycles. The number of hydrogen-bond donors (Lipinski definition) is 1. The van der Waals surface area contributed by atoms with Gasteiger partial charge in [0.25, 0.3) is 0 Å². The van der Waals surface area contributed by atoms with E-state index in [2.05, 4.69) is 0 Å². The summed E-state index contributed by atoms with van der Waals surface area (Å²) >= 11 is 0.730. The van der Waals surface area contributed by atoms with Crippen LogP contribution in [0.15, 0.2) is 48.5 Å². The number of ether oxygens (including phenoxy) is 2. The first-order valence-corrected chi connectivity index (χ1v) is 6.85. The van der Waals surface area contributed by atoms with E-state index in [-0.39, 0.29) is 0 Å². The van der Waals surface area contributed by atoms with Gasteiger partial charge < -0.3 is 14.0 Å². The van der Waals surface area contributed by atoms with E-state index in [1.54, 1.807) is 14.2 Å². The molecule has 2 rings (SSSR count). The number of benzene rings is 2. The molecule has 0 fully saturated rings. The fourth-order valence-electron chi connectivity index (χ4n) is 1.77. The average molecular weight is 288 g/mol. The molecule has 0 atom stereocenters. The average Bonchev–Trinajstić information content (AvgIpc) is 2.53. The van der Waals surface area contributed by atoms with Crippen LogP contribution in [0.5, 0.6) is 11.5 Å².